The zero-order valence-electron chi connectivity index (χ0n) is 14.9. The van der Waals surface area contributed by atoms with Crippen molar-refractivity contribution < 1.29 is 4.79 Å². The number of amides is 1. The second kappa shape index (κ2) is 8.68. The number of carbonyl (C=O) groups excluding carboxylic acids is 1. The highest BCUT2D eigenvalue weighted by molar-refractivity contribution is 6.33. The first-order chi connectivity index (χ1) is 11.5. The third-order valence-electron chi connectivity index (χ3n) is 5.09. The van der Waals surface area contributed by atoms with Crippen molar-refractivity contribution in [2.45, 2.75) is 38.5 Å². The van der Waals surface area contributed by atoms with Crippen LogP contribution in [0.25, 0.3) is 0 Å². The van der Waals surface area contributed by atoms with Crippen LogP contribution in [0.4, 0.5) is 0 Å². The molecule has 0 aliphatic carbocycles. The van der Waals surface area contributed by atoms with Crippen molar-refractivity contribution in [2.24, 2.45) is 5.41 Å². The van der Waals surface area contributed by atoms with Crippen molar-refractivity contribution >= 4 is 17.5 Å². The summed E-state index contributed by atoms with van der Waals surface area (Å²) >= 11 is 6.28. The summed E-state index contributed by atoms with van der Waals surface area (Å²) in [4.78, 5) is 13.6. The van der Waals surface area contributed by atoms with Crippen LogP contribution in [0, 0.1) is 5.41 Å². The molecule has 1 saturated heterocycles. The van der Waals surface area contributed by atoms with E-state index in [1.54, 1.807) is 19.0 Å². The molecule has 3 nitrogen and oxygen atoms in total. The number of nitrogens with one attached hydrogen (secondary N) is 1. The number of nitrogens with zero attached hydrogens (tertiary/aromatic N) is 1. The van der Waals surface area contributed by atoms with Crippen LogP contribution in [0.15, 0.2) is 30.9 Å². The number of hydrogen-bond donors (Lipinski definition) is 1. The number of allylic oxidation sites excluding steroid dienone is 1. The SMILES string of the molecule is C=CC1(CCCCc2ccc(C(=O)N(C)C)c(Cl)c2)CCNCC1. The van der Waals surface area contributed by atoms with Crippen LogP contribution in [0.5, 0.6) is 0 Å². The first-order valence-corrected chi connectivity index (χ1v) is 9.20. The molecule has 1 fully saturated rings. The minimum absolute atomic E-state index is 0.0506. The zero-order chi connectivity index (χ0) is 17.6. The molecule has 0 radical (unpaired) electrons. The van der Waals surface area contributed by atoms with Crippen LogP contribution in [-0.2, 0) is 6.42 Å². The van der Waals surface area contributed by atoms with E-state index in [-0.39, 0.29) is 5.91 Å². The second-order valence-corrected chi connectivity index (χ2v) is 7.44. The van der Waals surface area contributed by atoms with Crippen LogP contribution in [-0.4, -0.2) is 38.0 Å². The number of carbonyl (C=O) groups is 1. The third-order valence-corrected chi connectivity index (χ3v) is 5.41. The molecule has 0 spiro atoms. The molecular weight excluding hydrogens is 320 g/mol. The van der Waals surface area contributed by atoms with E-state index in [0.29, 0.717) is 16.0 Å². The average Bonchev–Trinajstić information content (AvgIpc) is 2.59. The molecule has 1 aromatic carbocycles. The molecule has 0 aromatic heterocycles. The van der Waals surface area contributed by atoms with E-state index in [2.05, 4.69) is 18.0 Å². The standard InChI is InChI=1S/C20H29ClN2O/c1-4-20(11-13-22-14-12-20)10-6-5-7-16-8-9-17(18(21)15-16)19(24)23(2)3/h4,8-9,15,22H,1,5-7,10-14H2,2-3H3. The van der Waals surface area contributed by atoms with E-state index in [9.17, 15) is 4.79 Å². The van der Waals surface area contributed by atoms with E-state index in [0.717, 1.165) is 25.9 Å². The van der Waals surface area contributed by atoms with Crippen molar-refractivity contribution in [3.8, 4) is 0 Å². The van der Waals surface area contributed by atoms with Gasteiger partial charge in [0.2, 0.25) is 0 Å². The fraction of sp³-hybridized carbons (Fsp3) is 0.550. The van der Waals surface area contributed by atoms with Gasteiger partial charge in [0.25, 0.3) is 5.91 Å². The van der Waals surface area contributed by atoms with Crippen LogP contribution in [0.2, 0.25) is 5.02 Å². The number of benzene rings is 1. The molecule has 1 amide bonds. The first-order valence-electron chi connectivity index (χ1n) is 8.82. The lowest BCUT2D eigenvalue weighted by Gasteiger charge is -2.35. The highest BCUT2D eigenvalue weighted by Crippen LogP contribution is 2.35. The van der Waals surface area contributed by atoms with Gasteiger partial charge in [0, 0.05) is 14.1 Å². The Morgan fingerprint density at radius 1 is 1.33 bits per heavy atom. The fourth-order valence-electron chi connectivity index (χ4n) is 3.42. The van der Waals surface area contributed by atoms with Crippen molar-refractivity contribution in [2.75, 3.05) is 27.2 Å². The molecular formula is C20H29ClN2O. The Kier molecular flexibility index (Phi) is 6.88. The van der Waals surface area contributed by atoms with Gasteiger partial charge >= 0.3 is 0 Å². The Balaban J connectivity index is 1.85. The van der Waals surface area contributed by atoms with Crippen molar-refractivity contribution in [3.63, 3.8) is 0 Å². The highest BCUT2D eigenvalue weighted by atomic mass is 35.5. The Bertz CT molecular complexity index is 577. The Morgan fingerprint density at radius 3 is 2.62 bits per heavy atom. The zero-order valence-corrected chi connectivity index (χ0v) is 15.7. The van der Waals surface area contributed by atoms with Gasteiger partial charge in [-0.2, -0.15) is 0 Å². The molecule has 0 saturated carbocycles. The summed E-state index contributed by atoms with van der Waals surface area (Å²) in [5.41, 5.74) is 2.10. The smallest absolute Gasteiger partial charge is 0.254 e. The number of rotatable bonds is 7. The Labute approximate surface area is 151 Å². The summed E-state index contributed by atoms with van der Waals surface area (Å²) in [6.07, 6.45) is 9.12. The van der Waals surface area contributed by atoms with Gasteiger partial charge in [-0.25, -0.2) is 0 Å². The van der Waals surface area contributed by atoms with E-state index in [1.807, 2.05) is 18.2 Å². The number of halogens is 1. The highest BCUT2D eigenvalue weighted by Gasteiger charge is 2.27. The van der Waals surface area contributed by atoms with E-state index < -0.39 is 0 Å². The van der Waals surface area contributed by atoms with E-state index in [4.69, 9.17) is 11.6 Å². The average molecular weight is 349 g/mol. The normalized spacial score (nSPS) is 16.6. The Morgan fingerprint density at radius 2 is 2.04 bits per heavy atom. The van der Waals surface area contributed by atoms with Gasteiger partial charge in [0.05, 0.1) is 10.6 Å². The van der Waals surface area contributed by atoms with Gasteiger partial charge in [0.15, 0.2) is 0 Å². The second-order valence-electron chi connectivity index (χ2n) is 7.04. The van der Waals surface area contributed by atoms with Crippen LogP contribution in [0.1, 0.15) is 48.0 Å². The minimum atomic E-state index is -0.0506. The molecule has 0 atom stereocenters. The maximum Gasteiger partial charge on any atom is 0.254 e. The molecule has 0 unspecified atom stereocenters. The molecule has 132 valence electrons. The molecule has 1 aromatic rings. The number of unbranched alkanes of at least 4 members (excludes halogenated alkanes) is 1. The summed E-state index contributed by atoms with van der Waals surface area (Å²) < 4.78 is 0. The molecule has 1 aliphatic heterocycles. The van der Waals surface area contributed by atoms with E-state index in [1.165, 1.54) is 31.2 Å². The summed E-state index contributed by atoms with van der Waals surface area (Å²) in [7, 11) is 3.48. The van der Waals surface area contributed by atoms with Gasteiger partial charge in [0.1, 0.15) is 0 Å². The number of hydrogen-bond acceptors (Lipinski definition) is 2. The van der Waals surface area contributed by atoms with Gasteiger partial charge < -0.3 is 10.2 Å². The van der Waals surface area contributed by atoms with Crippen molar-refractivity contribution in [1.29, 1.82) is 0 Å². The van der Waals surface area contributed by atoms with E-state index >= 15 is 0 Å². The van der Waals surface area contributed by atoms with Crippen molar-refractivity contribution in [1.82, 2.24) is 10.2 Å². The monoisotopic (exact) mass is 348 g/mol. The van der Waals surface area contributed by atoms with Gasteiger partial charge in [-0.3, -0.25) is 4.79 Å². The molecule has 1 heterocycles. The molecule has 4 heteroatoms. The summed E-state index contributed by atoms with van der Waals surface area (Å²) in [6.45, 7) is 6.26. The summed E-state index contributed by atoms with van der Waals surface area (Å²) in [6, 6.07) is 5.81. The van der Waals surface area contributed by atoms with Gasteiger partial charge in [-0.15, -0.1) is 6.58 Å². The maximum atomic E-state index is 12.0. The number of piperidine rings is 1. The number of aryl methyl sites for hydroxylation is 1. The lowest BCUT2D eigenvalue weighted by Crippen LogP contribution is -2.35. The first kappa shape index (κ1) is 19.0. The molecule has 1 aliphatic rings. The predicted octanol–water partition coefficient (Wildman–Crippen LogP) is 4.31. The van der Waals surface area contributed by atoms with Crippen LogP contribution in [0.3, 0.4) is 0 Å². The van der Waals surface area contributed by atoms with Crippen molar-refractivity contribution in [3.05, 3.63) is 47.0 Å². The largest absolute Gasteiger partial charge is 0.345 e. The molecule has 0 bridgehead atoms. The summed E-state index contributed by atoms with van der Waals surface area (Å²) in [5, 5.41) is 3.97. The predicted molar refractivity (Wildman–Crippen MR) is 102 cm³/mol. The fourth-order valence-corrected chi connectivity index (χ4v) is 3.70. The van der Waals surface area contributed by atoms with Gasteiger partial charge in [-0.05, 0) is 68.3 Å². The quantitative estimate of drug-likeness (QED) is 0.588. The van der Waals surface area contributed by atoms with Gasteiger partial charge in [-0.1, -0.05) is 30.2 Å². The molecule has 1 N–H and O–H groups in total. The molecule has 24 heavy (non-hydrogen) atoms. The lowest BCUT2D eigenvalue weighted by atomic mass is 9.75. The van der Waals surface area contributed by atoms with Crippen LogP contribution >= 0.6 is 11.6 Å². The Hall–Kier alpha value is -1.32. The molecule has 2 rings (SSSR count). The van der Waals surface area contributed by atoms with Crippen LogP contribution < -0.4 is 5.32 Å². The maximum absolute atomic E-state index is 12.0. The minimum Gasteiger partial charge on any atom is -0.345 e. The lowest BCUT2D eigenvalue weighted by molar-refractivity contribution is 0.0828. The third kappa shape index (κ3) is 4.84. The summed E-state index contributed by atoms with van der Waals surface area (Å²) in [5.74, 6) is -0.0506. The topological polar surface area (TPSA) is 32.3 Å².